The second-order valence-electron chi connectivity index (χ2n) is 4.19. The second kappa shape index (κ2) is 6.91. The molecule has 0 fully saturated rings. The van der Waals surface area contributed by atoms with Crippen LogP contribution in [0.15, 0.2) is 48.5 Å². The number of hydrogen-bond donors (Lipinski definition) is 1. The summed E-state index contributed by atoms with van der Waals surface area (Å²) >= 11 is 0. The van der Waals surface area contributed by atoms with Gasteiger partial charge in [0.15, 0.2) is 0 Å². The van der Waals surface area contributed by atoms with Crippen molar-refractivity contribution in [2.75, 3.05) is 18.5 Å². The van der Waals surface area contributed by atoms with E-state index in [-0.39, 0.29) is 11.3 Å². The van der Waals surface area contributed by atoms with Crippen LogP contribution in [-0.2, 0) is 0 Å². The molecule has 0 saturated carbocycles. The lowest BCUT2D eigenvalue weighted by Gasteiger charge is -2.08. The minimum absolute atomic E-state index is 0.0473. The summed E-state index contributed by atoms with van der Waals surface area (Å²) in [6, 6.07) is 15.6. The molecule has 0 heterocycles. The van der Waals surface area contributed by atoms with Crippen LogP contribution >= 0.6 is 0 Å². The fourth-order valence-corrected chi connectivity index (χ4v) is 1.77. The van der Waals surface area contributed by atoms with Gasteiger partial charge in [-0.2, -0.15) is 5.26 Å². The molecule has 2 aromatic carbocycles. The van der Waals surface area contributed by atoms with Gasteiger partial charge in [-0.25, -0.2) is 0 Å². The molecule has 0 aliphatic heterocycles. The van der Waals surface area contributed by atoms with Gasteiger partial charge in [-0.1, -0.05) is 18.2 Å². The standard InChI is InChI=1S/C15H13N3O3/c16-11-12-6-7-13(10-15(12)18(19)20)17-8-9-21-14-4-2-1-3-5-14/h1-7,10,17H,8-9H2. The number of anilines is 1. The van der Waals surface area contributed by atoms with Gasteiger partial charge in [0.2, 0.25) is 0 Å². The number of nitro benzene ring substituents is 1. The van der Waals surface area contributed by atoms with Crippen molar-refractivity contribution >= 4 is 11.4 Å². The molecule has 0 bridgehead atoms. The first-order chi connectivity index (χ1) is 10.2. The quantitative estimate of drug-likeness (QED) is 0.500. The maximum Gasteiger partial charge on any atom is 0.289 e. The Morgan fingerprint density at radius 3 is 2.67 bits per heavy atom. The molecule has 0 aromatic heterocycles. The third kappa shape index (κ3) is 3.94. The third-order valence-electron chi connectivity index (χ3n) is 2.76. The van der Waals surface area contributed by atoms with Crippen LogP contribution in [-0.4, -0.2) is 18.1 Å². The van der Waals surface area contributed by atoms with E-state index in [9.17, 15) is 10.1 Å². The molecule has 1 N–H and O–H groups in total. The monoisotopic (exact) mass is 283 g/mol. The van der Waals surface area contributed by atoms with Gasteiger partial charge < -0.3 is 10.1 Å². The van der Waals surface area contributed by atoms with E-state index in [1.54, 1.807) is 12.1 Å². The topological polar surface area (TPSA) is 88.2 Å². The summed E-state index contributed by atoms with van der Waals surface area (Å²) in [7, 11) is 0. The van der Waals surface area contributed by atoms with E-state index >= 15 is 0 Å². The van der Waals surface area contributed by atoms with Gasteiger partial charge in [-0.3, -0.25) is 10.1 Å². The molecule has 0 spiro atoms. The van der Waals surface area contributed by atoms with Crippen molar-refractivity contribution in [2.24, 2.45) is 0 Å². The molecule has 0 aliphatic rings. The van der Waals surface area contributed by atoms with Gasteiger partial charge in [0.25, 0.3) is 5.69 Å². The van der Waals surface area contributed by atoms with Crippen LogP contribution in [0.1, 0.15) is 5.56 Å². The Morgan fingerprint density at radius 2 is 2.00 bits per heavy atom. The van der Waals surface area contributed by atoms with Gasteiger partial charge in [0.05, 0.1) is 4.92 Å². The number of ether oxygens (including phenoxy) is 1. The van der Waals surface area contributed by atoms with E-state index in [2.05, 4.69) is 5.32 Å². The van der Waals surface area contributed by atoms with Crippen LogP contribution in [0.4, 0.5) is 11.4 Å². The summed E-state index contributed by atoms with van der Waals surface area (Å²) < 4.78 is 5.50. The van der Waals surface area contributed by atoms with Crippen LogP contribution < -0.4 is 10.1 Å². The average Bonchev–Trinajstić information content (AvgIpc) is 2.52. The highest BCUT2D eigenvalue weighted by Crippen LogP contribution is 2.22. The van der Waals surface area contributed by atoms with Crippen LogP contribution in [0, 0.1) is 21.4 Å². The number of nitro groups is 1. The largest absolute Gasteiger partial charge is 0.492 e. The number of nitrogens with zero attached hydrogens (tertiary/aromatic N) is 2. The summed E-state index contributed by atoms with van der Waals surface area (Å²) in [6.45, 7) is 0.926. The molecule has 21 heavy (non-hydrogen) atoms. The predicted molar refractivity (Wildman–Crippen MR) is 78.2 cm³/mol. The van der Waals surface area contributed by atoms with Crippen LogP contribution in [0.3, 0.4) is 0 Å². The van der Waals surface area contributed by atoms with Crippen molar-refractivity contribution in [1.29, 1.82) is 5.26 Å². The Balaban J connectivity index is 1.90. The zero-order chi connectivity index (χ0) is 15.1. The SMILES string of the molecule is N#Cc1ccc(NCCOc2ccccc2)cc1[N+](=O)[O-]. The van der Waals surface area contributed by atoms with E-state index in [0.29, 0.717) is 18.8 Å². The summed E-state index contributed by atoms with van der Waals surface area (Å²) in [5, 5.41) is 22.7. The van der Waals surface area contributed by atoms with E-state index < -0.39 is 4.92 Å². The molecule has 0 radical (unpaired) electrons. The van der Waals surface area contributed by atoms with Crippen LogP contribution in [0.25, 0.3) is 0 Å². The minimum Gasteiger partial charge on any atom is -0.492 e. The Hall–Kier alpha value is -3.07. The van der Waals surface area contributed by atoms with Crippen molar-refractivity contribution in [3.63, 3.8) is 0 Å². The lowest BCUT2D eigenvalue weighted by atomic mass is 10.2. The van der Waals surface area contributed by atoms with E-state index in [0.717, 1.165) is 5.75 Å². The number of para-hydroxylation sites is 1. The first-order valence-electron chi connectivity index (χ1n) is 6.31. The first-order valence-corrected chi connectivity index (χ1v) is 6.31. The molecule has 0 atom stereocenters. The van der Waals surface area contributed by atoms with Crippen molar-refractivity contribution in [2.45, 2.75) is 0 Å². The molecule has 0 amide bonds. The summed E-state index contributed by atoms with van der Waals surface area (Å²) in [4.78, 5) is 10.3. The van der Waals surface area contributed by atoms with Gasteiger partial charge in [-0.15, -0.1) is 0 Å². The molecule has 6 heteroatoms. The summed E-state index contributed by atoms with van der Waals surface area (Å²) in [5.41, 5.74) is 0.426. The Morgan fingerprint density at radius 1 is 1.24 bits per heavy atom. The normalized spacial score (nSPS) is 9.67. The smallest absolute Gasteiger partial charge is 0.289 e. The average molecular weight is 283 g/mol. The zero-order valence-electron chi connectivity index (χ0n) is 11.2. The van der Waals surface area contributed by atoms with E-state index in [4.69, 9.17) is 10.00 Å². The Labute approximate surface area is 121 Å². The highest BCUT2D eigenvalue weighted by molar-refractivity contribution is 5.59. The maximum absolute atomic E-state index is 10.8. The minimum atomic E-state index is -0.565. The highest BCUT2D eigenvalue weighted by atomic mass is 16.6. The van der Waals surface area contributed by atoms with E-state index in [1.807, 2.05) is 30.3 Å². The summed E-state index contributed by atoms with van der Waals surface area (Å²) in [6.07, 6.45) is 0. The highest BCUT2D eigenvalue weighted by Gasteiger charge is 2.13. The van der Waals surface area contributed by atoms with Gasteiger partial charge in [-0.05, 0) is 24.3 Å². The van der Waals surface area contributed by atoms with Gasteiger partial charge in [0.1, 0.15) is 24.0 Å². The number of hydrogen-bond acceptors (Lipinski definition) is 5. The molecule has 106 valence electrons. The van der Waals surface area contributed by atoms with Crippen molar-refractivity contribution in [3.05, 3.63) is 64.2 Å². The van der Waals surface area contributed by atoms with E-state index in [1.165, 1.54) is 12.1 Å². The maximum atomic E-state index is 10.8. The van der Waals surface area contributed by atoms with Crippen molar-refractivity contribution in [3.8, 4) is 11.8 Å². The van der Waals surface area contributed by atoms with Crippen LogP contribution in [0.2, 0.25) is 0 Å². The fourth-order valence-electron chi connectivity index (χ4n) is 1.77. The van der Waals surface area contributed by atoms with Gasteiger partial charge >= 0.3 is 0 Å². The predicted octanol–water partition coefficient (Wildman–Crippen LogP) is 2.96. The molecule has 2 rings (SSSR count). The Kier molecular flexibility index (Phi) is 4.72. The molecule has 6 nitrogen and oxygen atoms in total. The molecular formula is C15H13N3O3. The van der Waals surface area contributed by atoms with Crippen molar-refractivity contribution in [1.82, 2.24) is 0 Å². The van der Waals surface area contributed by atoms with Crippen molar-refractivity contribution < 1.29 is 9.66 Å². The number of nitriles is 1. The molecular weight excluding hydrogens is 270 g/mol. The lowest BCUT2D eigenvalue weighted by molar-refractivity contribution is -0.385. The van der Waals surface area contributed by atoms with Gasteiger partial charge in [0, 0.05) is 18.3 Å². The second-order valence-corrected chi connectivity index (χ2v) is 4.19. The molecule has 0 unspecified atom stereocenters. The third-order valence-corrected chi connectivity index (χ3v) is 2.76. The summed E-state index contributed by atoms with van der Waals surface area (Å²) in [5.74, 6) is 0.769. The number of rotatable bonds is 6. The lowest BCUT2D eigenvalue weighted by Crippen LogP contribution is -2.11. The number of benzene rings is 2. The first kappa shape index (κ1) is 14.3. The number of nitrogens with one attached hydrogen (secondary N) is 1. The fraction of sp³-hybridized carbons (Fsp3) is 0.133. The zero-order valence-corrected chi connectivity index (χ0v) is 11.2. The molecule has 0 aliphatic carbocycles. The molecule has 0 saturated heterocycles. The Bertz CT molecular complexity index is 666. The molecule has 2 aromatic rings. The van der Waals surface area contributed by atoms with Crippen LogP contribution in [0.5, 0.6) is 5.75 Å².